The SMILES string of the molecule is C=CC(=O)Nc1cc(Nc2ncc(Cl)c(Nc3ccccc3P(C)(C)=O)n2)c(OC)cc1N1CCC(N2CCCCC2)CC1. The second-order valence-electron chi connectivity index (χ2n) is 11.6. The molecule has 44 heavy (non-hydrogen) atoms. The molecule has 2 aliphatic rings. The third kappa shape index (κ3) is 7.54. The van der Waals surface area contributed by atoms with Crippen molar-refractivity contribution in [2.24, 2.45) is 0 Å². The summed E-state index contributed by atoms with van der Waals surface area (Å²) in [6.45, 7) is 11.2. The average Bonchev–Trinajstić information content (AvgIpc) is 3.03. The van der Waals surface area contributed by atoms with E-state index in [9.17, 15) is 9.36 Å². The lowest BCUT2D eigenvalue weighted by Crippen LogP contribution is -2.46. The number of nitrogens with zero attached hydrogens (tertiary/aromatic N) is 4. The monoisotopic (exact) mass is 637 g/mol. The Balaban J connectivity index is 1.41. The highest BCUT2D eigenvalue weighted by atomic mass is 35.5. The number of hydrogen-bond acceptors (Lipinski definition) is 9. The number of piperidine rings is 2. The molecule has 2 aromatic carbocycles. The summed E-state index contributed by atoms with van der Waals surface area (Å²) < 4.78 is 18.7. The van der Waals surface area contributed by atoms with Gasteiger partial charge in [0.15, 0.2) is 5.82 Å². The number of ether oxygens (including phenoxy) is 1. The fraction of sp³-hybridized carbons (Fsp3) is 0.406. The van der Waals surface area contributed by atoms with Crippen molar-refractivity contribution in [1.29, 1.82) is 0 Å². The molecular weight excluding hydrogens is 597 g/mol. The van der Waals surface area contributed by atoms with Crippen LogP contribution in [0.2, 0.25) is 5.02 Å². The molecule has 0 saturated carbocycles. The van der Waals surface area contributed by atoms with Crippen molar-refractivity contribution < 1.29 is 14.1 Å². The number of anilines is 6. The van der Waals surface area contributed by atoms with Crippen molar-refractivity contribution in [1.82, 2.24) is 14.9 Å². The molecule has 2 saturated heterocycles. The fourth-order valence-electron chi connectivity index (χ4n) is 5.95. The van der Waals surface area contributed by atoms with Gasteiger partial charge in [0.1, 0.15) is 17.9 Å². The minimum atomic E-state index is -2.56. The highest BCUT2D eigenvalue weighted by molar-refractivity contribution is 7.70. The van der Waals surface area contributed by atoms with Crippen LogP contribution in [0.5, 0.6) is 5.75 Å². The summed E-state index contributed by atoms with van der Waals surface area (Å²) >= 11 is 6.46. The quantitative estimate of drug-likeness (QED) is 0.170. The Labute approximate surface area is 264 Å². The zero-order valence-corrected chi connectivity index (χ0v) is 27.3. The highest BCUT2D eigenvalue weighted by Gasteiger charge is 2.28. The lowest BCUT2D eigenvalue weighted by atomic mass is 9.99. The van der Waals surface area contributed by atoms with Gasteiger partial charge in [-0.05, 0) is 76.4 Å². The number of rotatable bonds is 10. The molecule has 1 aromatic heterocycles. The molecule has 0 radical (unpaired) electrons. The Kier molecular flexibility index (Phi) is 10.1. The summed E-state index contributed by atoms with van der Waals surface area (Å²) in [5.41, 5.74) is 2.75. The van der Waals surface area contributed by atoms with E-state index in [0.717, 1.165) is 31.6 Å². The zero-order valence-electron chi connectivity index (χ0n) is 25.6. The van der Waals surface area contributed by atoms with Crippen molar-refractivity contribution in [2.45, 2.75) is 38.1 Å². The fourth-order valence-corrected chi connectivity index (χ4v) is 7.24. The molecule has 5 rings (SSSR count). The standard InChI is InChI=1S/C32H41ClN7O3P/c1-5-30(41)35-25-19-26(28(43-2)20-27(25)40-17-13-22(14-18-40)39-15-9-6-10-16-39)37-32-34-21-23(33)31(38-32)36-24-11-7-8-12-29(24)44(3,4)42/h5,7-8,11-12,19-22H,1,6,9-10,13-18H2,2-4H3,(H,35,41)(H2,34,36,37,38). The molecule has 3 heterocycles. The molecule has 1 amide bonds. The predicted octanol–water partition coefficient (Wildman–Crippen LogP) is 6.45. The Hall–Kier alpha value is -3.59. The van der Waals surface area contributed by atoms with Crippen molar-refractivity contribution in [2.75, 3.05) is 67.5 Å². The van der Waals surface area contributed by atoms with Gasteiger partial charge in [-0.2, -0.15) is 4.98 Å². The first-order chi connectivity index (χ1) is 21.2. The van der Waals surface area contributed by atoms with Crippen LogP contribution in [0.25, 0.3) is 0 Å². The molecule has 234 valence electrons. The molecule has 3 N–H and O–H groups in total. The van der Waals surface area contributed by atoms with Gasteiger partial charge in [0.25, 0.3) is 0 Å². The first-order valence-corrected chi connectivity index (χ1v) is 18.0. The number of carbonyl (C=O) groups is 1. The third-order valence-corrected chi connectivity index (χ3v) is 10.0. The van der Waals surface area contributed by atoms with Crippen LogP contribution < -0.4 is 30.9 Å². The summed E-state index contributed by atoms with van der Waals surface area (Å²) in [7, 11) is -0.955. The zero-order chi connectivity index (χ0) is 31.3. The third-order valence-electron chi connectivity index (χ3n) is 8.20. The highest BCUT2D eigenvalue weighted by Crippen LogP contribution is 2.41. The van der Waals surface area contributed by atoms with Crippen molar-refractivity contribution in [3.05, 3.63) is 60.3 Å². The van der Waals surface area contributed by atoms with Crippen LogP contribution >= 0.6 is 18.7 Å². The molecule has 0 unspecified atom stereocenters. The molecule has 2 aliphatic heterocycles. The number of halogens is 1. The Morgan fingerprint density at radius 1 is 1.05 bits per heavy atom. The van der Waals surface area contributed by atoms with Gasteiger partial charge in [-0.15, -0.1) is 0 Å². The van der Waals surface area contributed by atoms with E-state index in [1.54, 1.807) is 20.4 Å². The summed E-state index contributed by atoms with van der Waals surface area (Å²) in [5, 5.41) is 10.4. The summed E-state index contributed by atoms with van der Waals surface area (Å²) in [5.74, 6) is 0.894. The Bertz CT molecular complexity index is 1550. The number of methoxy groups -OCH3 is 1. The van der Waals surface area contributed by atoms with E-state index in [4.69, 9.17) is 16.3 Å². The maximum atomic E-state index is 12.9. The van der Waals surface area contributed by atoms with Crippen LogP contribution in [0.1, 0.15) is 32.1 Å². The number of aromatic nitrogens is 2. The number of carbonyl (C=O) groups excluding carboxylic acids is 1. The average molecular weight is 638 g/mol. The van der Waals surface area contributed by atoms with E-state index in [-0.39, 0.29) is 11.9 Å². The second kappa shape index (κ2) is 14.0. The minimum Gasteiger partial charge on any atom is -0.494 e. The van der Waals surface area contributed by atoms with Gasteiger partial charge in [0.2, 0.25) is 11.9 Å². The predicted molar refractivity (Wildman–Crippen MR) is 182 cm³/mol. The van der Waals surface area contributed by atoms with Crippen LogP contribution in [0, 0.1) is 0 Å². The topological polar surface area (TPSA) is 112 Å². The molecule has 12 heteroatoms. The molecular formula is C32H41ClN7O3P. The van der Waals surface area contributed by atoms with Crippen LogP contribution in [0.15, 0.2) is 55.3 Å². The number of para-hydroxylation sites is 1. The molecule has 0 atom stereocenters. The van der Waals surface area contributed by atoms with Crippen LogP contribution in [-0.2, 0) is 9.36 Å². The van der Waals surface area contributed by atoms with E-state index in [1.807, 2.05) is 36.4 Å². The lowest BCUT2D eigenvalue weighted by molar-refractivity contribution is -0.111. The van der Waals surface area contributed by atoms with E-state index < -0.39 is 7.14 Å². The Morgan fingerprint density at radius 2 is 1.77 bits per heavy atom. The number of likely N-dealkylation sites (tertiary alicyclic amines) is 1. The van der Waals surface area contributed by atoms with Gasteiger partial charge in [-0.1, -0.05) is 36.7 Å². The van der Waals surface area contributed by atoms with Gasteiger partial charge in [0, 0.05) is 30.5 Å². The molecule has 3 aromatic rings. The van der Waals surface area contributed by atoms with Crippen molar-refractivity contribution >= 4 is 64.5 Å². The summed E-state index contributed by atoms with van der Waals surface area (Å²) in [6, 6.07) is 11.7. The lowest BCUT2D eigenvalue weighted by Gasteiger charge is -2.41. The van der Waals surface area contributed by atoms with Gasteiger partial charge < -0.3 is 35.1 Å². The van der Waals surface area contributed by atoms with E-state index >= 15 is 0 Å². The largest absolute Gasteiger partial charge is 0.494 e. The smallest absolute Gasteiger partial charge is 0.247 e. The molecule has 0 aliphatic carbocycles. The first kappa shape index (κ1) is 31.8. The van der Waals surface area contributed by atoms with Crippen LogP contribution in [0.3, 0.4) is 0 Å². The molecule has 0 spiro atoms. The van der Waals surface area contributed by atoms with Gasteiger partial charge >= 0.3 is 0 Å². The Morgan fingerprint density at radius 3 is 2.45 bits per heavy atom. The number of amides is 1. The molecule has 2 fully saturated rings. The maximum Gasteiger partial charge on any atom is 0.247 e. The van der Waals surface area contributed by atoms with E-state index in [2.05, 4.69) is 42.3 Å². The van der Waals surface area contributed by atoms with Gasteiger partial charge in [-0.3, -0.25) is 4.79 Å². The molecule has 10 nitrogen and oxygen atoms in total. The normalized spacial score (nSPS) is 16.3. The van der Waals surface area contributed by atoms with E-state index in [0.29, 0.717) is 45.0 Å². The summed E-state index contributed by atoms with van der Waals surface area (Å²) in [4.78, 5) is 26.4. The van der Waals surface area contributed by atoms with Crippen molar-refractivity contribution in [3.8, 4) is 5.75 Å². The van der Waals surface area contributed by atoms with Gasteiger partial charge in [-0.25, -0.2) is 4.98 Å². The van der Waals surface area contributed by atoms with Gasteiger partial charge in [0.05, 0.1) is 36.1 Å². The number of benzene rings is 2. The number of hydrogen-bond donors (Lipinski definition) is 3. The van der Waals surface area contributed by atoms with E-state index in [1.165, 1.54) is 44.6 Å². The summed E-state index contributed by atoms with van der Waals surface area (Å²) in [6.07, 6.45) is 8.78. The van der Waals surface area contributed by atoms with Crippen molar-refractivity contribution in [3.63, 3.8) is 0 Å². The minimum absolute atomic E-state index is 0.264. The number of nitrogens with one attached hydrogen (secondary N) is 3. The maximum absolute atomic E-state index is 12.9. The van der Waals surface area contributed by atoms with Crippen LogP contribution in [0.4, 0.5) is 34.5 Å². The van der Waals surface area contributed by atoms with Crippen LogP contribution in [-0.4, -0.2) is 73.4 Å². The second-order valence-corrected chi connectivity index (χ2v) is 15.2. The molecule has 0 bridgehead atoms. The first-order valence-electron chi connectivity index (χ1n) is 15.0.